The van der Waals surface area contributed by atoms with Crippen LogP contribution < -0.4 is 5.56 Å². The first-order valence-electron chi connectivity index (χ1n) is 3.84. The molecule has 0 spiro atoms. The minimum atomic E-state index is -0.0669. The Balaban J connectivity index is 2.83. The van der Waals surface area contributed by atoms with Crippen LogP contribution >= 0.6 is 11.8 Å². The Morgan fingerprint density at radius 2 is 2.31 bits per heavy atom. The first-order valence-corrected chi connectivity index (χ1v) is 5.06. The van der Waals surface area contributed by atoms with Crippen molar-refractivity contribution in [3.05, 3.63) is 28.2 Å². The van der Waals surface area contributed by atoms with Crippen LogP contribution in [0, 0.1) is 6.92 Å². The predicted molar refractivity (Wildman–Crippen MR) is 52.3 cm³/mol. The Kier molecular flexibility index (Phi) is 1.88. The minimum absolute atomic E-state index is 0.0669. The molecule has 0 fully saturated rings. The molecule has 0 aliphatic heterocycles. The molecule has 2 rings (SSSR count). The van der Waals surface area contributed by atoms with Gasteiger partial charge in [0.1, 0.15) is 0 Å². The van der Waals surface area contributed by atoms with Gasteiger partial charge in [-0.3, -0.25) is 9.89 Å². The number of fused-ring (bicyclic) bond motifs is 1. The van der Waals surface area contributed by atoms with Crippen molar-refractivity contribution < 1.29 is 0 Å². The molecule has 2 heterocycles. The Morgan fingerprint density at radius 1 is 1.54 bits per heavy atom. The van der Waals surface area contributed by atoms with Gasteiger partial charge in [0, 0.05) is 17.8 Å². The van der Waals surface area contributed by atoms with Gasteiger partial charge in [0.2, 0.25) is 0 Å². The molecular formula is C8H9N3OS. The third-order valence-electron chi connectivity index (χ3n) is 1.77. The molecule has 5 heteroatoms. The minimum Gasteiger partial charge on any atom is -0.283 e. The maximum Gasteiger partial charge on any atom is 0.272 e. The second kappa shape index (κ2) is 2.92. The number of hydrogen-bond acceptors (Lipinski definition) is 3. The number of nitrogens with one attached hydrogen (secondary N) is 1. The summed E-state index contributed by atoms with van der Waals surface area (Å²) in [6.07, 6.45) is 1.95. The van der Waals surface area contributed by atoms with Crippen molar-refractivity contribution in [2.75, 3.05) is 6.26 Å². The normalized spacial score (nSPS) is 10.9. The lowest BCUT2D eigenvalue weighted by atomic mass is 10.4. The van der Waals surface area contributed by atoms with E-state index >= 15 is 0 Å². The summed E-state index contributed by atoms with van der Waals surface area (Å²) in [6, 6.07) is 3.37. The zero-order valence-electron chi connectivity index (χ0n) is 7.37. The molecule has 2 aromatic rings. The number of H-pyrrole nitrogens is 1. The summed E-state index contributed by atoms with van der Waals surface area (Å²) in [4.78, 5) is 15.6. The van der Waals surface area contributed by atoms with Gasteiger partial charge in [-0.05, 0) is 13.2 Å². The van der Waals surface area contributed by atoms with E-state index in [2.05, 4.69) is 10.1 Å². The average molecular weight is 195 g/mol. The summed E-state index contributed by atoms with van der Waals surface area (Å²) in [6.45, 7) is 1.81. The average Bonchev–Trinajstić information content (AvgIpc) is 2.47. The lowest BCUT2D eigenvalue weighted by molar-refractivity contribution is 0.850. The zero-order chi connectivity index (χ0) is 9.42. The van der Waals surface area contributed by atoms with Crippen LogP contribution in [0.2, 0.25) is 0 Å². The van der Waals surface area contributed by atoms with Crippen LogP contribution in [0.25, 0.3) is 5.65 Å². The molecule has 0 bridgehead atoms. The number of aromatic amines is 1. The van der Waals surface area contributed by atoms with E-state index in [1.165, 1.54) is 10.6 Å². The lowest BCUT2D eigenvalue weighted by Gasteiger charge is -1.92. The summed E-state index contributed by atoms with van der Waals surface area (Å²) in [5.41, 5.74) is 1.36. The molecule has 1 N–H and O–H groups in total. The topological polar surface area (TPSA) is 50.2 Å². The molecule has 0 aliphatic carbocycles. The van der Waals surface area contributed by atoms with Crippen molar-refractivity contribution in [3.63, 3.8) is 0 Å². The highest BCUT2D eigenvalue weighted by molar-refractivity contribution is 7.98. The molecule has 2 aromatic heterocycles. The second-order valence-electron chi connectivity index (χ2n) is 2.75. The number of aromatic nitrogens is 3. The predicted octanol–water partition coefficient (Wildman–Crippen LogP) is 1.05. The highest BCUT2D eigenvalue weighted by Gasteiger charge is 2.02. The fourth-order valence-electron chi connectivity index (χ4n) is 1.19. The quantitative estimate of drug-likeness (QED) is 0.692. The molecule has 0 amide bonds. The smallest absolute Gasteiger partial charge is 0.272 e. The number of nitrogens with zero attached hydrogens (tertiary/aromatic N) is 2. The van der Waals surface area contributed by atoms with Crippen molar-refractivity contribution in [1.29, 1.82) is 0 Å². The van der Waals surface area contributed by atoms with E-state index in [1.807, 2.05) is 19.2 Å². The number of rotatable bonds is 1. The van der Waals surface area contributed by atoms with Gasteiger partial charge in [-0.2, -0.15) is 0 Å². The van der Waals surface area contributed by atoms with E-state index in [9.17, 15) is 4.79 Å². The summed E-state index contributed by atoms with van der Waals surface area (Å²) in [5, 5.41) is 3.89. The Hall–Kier alpha value is -1.23. The van der Waals surface area contributed by atoms with Gasteiger partial charge in [-0.25, -0.2) is 9.50 Å². The standard InChI is InChI=1S/C8H9N3OS/c1-5-3-8(12)11-6(9-5)4-7(10-11)13-2/h3-4,10H,1-2H3. The summed E-state index contributed by atoms with van der Waals surface area (Å²) < 4.78 is 1.44. The number of hydrogen-bond donors (Lipinski definition) is 1. The fraction of sp³-hybridized carbons (Fsp3) is 0.250. The third kappa shape index (κ3) is 1.35. The monoisotopic (exact) mass is 195 g/mol. The third-order valence-corrected chi connectivity index (χ3v) is 2.42. The van der Waals surface area contributed by atoms with Gasteiger partial charge in [-0.15, -0.1) is 11.8 Å². The number of aryl methyl sites for hydroxylation is 1. The SMILES string of the molecule is CSc1cc2nc(C)cc(=O)n2[nH]1. The zero-order valence-corrected chi connectivity index (χ0v) is 8.18. The van der Waals surface area contributed by atoms with E-state index < -0.39 is 0 Å². The van der Waals surface area contributed by atoms with Crippen molar-refractivity contribution in [2.45, 2.75) is 11.9 Å². The van der Waals surface area contributed by atoms with Crippen molar-refractivity contribution in [3.8, 4) is 0 Å². The summed E-state index contributed by atoms with van der Waals surface area (Å²) in [5.74, 6) is 0. The maximum absolute atomic E-state index is 11.4. The molecule has 0 radical (unpaired) electrons. The Morgan fingerprint density at radius 3 is 3.00 bits per heavy atom. The molecule has 0 unspecified atom stereocenters. The van der Waals surface area contributed by atoms with Gasteiger partial charge in [-0.1, -0.05) is 0 Å². The van der Waals surface area contributed by atoms with Crippen LogP contribution in [0.4, 0.5) is 0 Å². The Labute approximate surface area is 79.0 Å². The van der Waals surface area contributed by atoms with Gasteiger partial charge in [0.25, 0.3) is 5.56 Å². The van der Waals surface area contributed by atoms with Crippen molar-refractivity contribution in [1.82, 2.24) is 14.6 Å². The highest BCUT2D eigenvalue weighted by atomic mass is 32.2. The molecule has 0 saturated heterocycles. The van der Waals surface area contributed by atoms with Crippen LogP contribution in [-0.2, 0) is 0 Å². The van der Waals surface area contributed by atoms with E-state index in [1.54, 1.807) is 11.8 Å². The van der Waals surface area contributed by atoms with Crippen LogP contribution in [0.15, 0.2) is 22.0 Å². The summed E-state index contributed by atoms with van der Waals surface area (Å²) in [7, 11) is 0. The molecule has 0 aromatic carbocycles. The first kappa shape index (κ1) is 8.37. The molecule has 4 nitrogen and oxygen atoms in total. The summed E-state index contributed by atoms with van der Waals surface area (Å²) >= 11 is 1.55. The van der Waals surface area contributed by atoms with Crippen molar-refractivity contribution in [2.24, 2.45) is 0 Å². The molecule has 0 atom stereocenters. The molecule has 13 heavy (non-hydrogen) atoms. The van der Waals surface area contributed by atoms with Crippen LogP contribution in [0.1, 0.15) is 5.69 Å². The van der Waals surface area contributed by atoms with Crippen LogP contribution in [-0.4, -0.2) is 20.9 Å². The van der Waals surface area contributed by atoms with Gasteiger partial charge < -0.3 is 0 Å². The van der Waals surface area contributed by atoms with E-state index in [0.29, 0.717) is 5.65 Å². The maximum atomic E-state index is 11.4. The Bertz CT molecular complexity index is 500. The highest BCUT2D eigenvalue weighted by Crippen LogP contribution is 2.12. The second-order valence-corrected chi connectivity index (χ2v) is 3.60. The fourth-order valence-corrected chi connectivity index (χ4v) is 1.60. The van der Waals surface area contributed by atoms with Gasteiger partial charge in [0.05, 0.1) is 5.03 Å². The lowest BCUT2D eigenvalue weighted by Crippen LogP contribution is -2.14. The molecule has 68 valence electrons. The van der Waals surface area contributed by atoms with Crippen molar-refractivity contribution >= 4 is 17.4 Å². The van der Waals surface area contributed by atoms with Gasteiger partial charge >= 0.3 is 0 Å². The van der Waals surface area contributed by atoms with Crippen LogP contribution in [0.5, 0.6) is 0 Å². The largest absolute Gasteiger partial charge is 0.283 e. The van der Waals surface area contributed by atoms with E-state index in [4.69, 9.17) is 0 Å². The molecule has 0 aliphatic rings. The first-order chi connectivity index (χ1) is 6.20. The van der Waals surface area contributed by atoms with Crippen LogP contribution in [0.3, 0.4) is 0 Å². The van der Waals surface area contributed by atoms with Gasteiger partial charge in [0.15, 0.2) is 5.65 Å². The van der Waals surface area contributed by atoms with E-state index in [-0.39, 0.29) is 5.56 Å². The number of thioether (sulfide) groups is 1. The molecular weight excluding hydrogens is 186 g/mol. The van der Waals surface area contributed by atoms with E-state index in [0.717, 1.165) is 10.7 Å². The molecule has 0 saturated carbocycles.